The lowest BCUT2D eigenvalue weighted by molar-refractivity contribution is 0.155. The molecule has 5 rings (SSSR count). The highest BCUT2D eigenvalue weighted by Crippen LogP contribution is 2.40. The molecule has 0 atom stereocenters. The SMILES string of the molecule is O=C(Nc1scnc1-c1ccc(-c2ccc(C3CC3)cc2)cc1)OCc1ccccc1. The van der Waals surface area contributed by atoms with E-state index in [1.54, 1.807) is 5.51 Å². The number of carbonyl (C=O) groups is 1. The number of hydrogen-bond acceptors (Lipinski definition) is 4. The van der Waals surface area contributed by atoms with E-state index in [9.17, 15) is 4.79 Å². The van der Waals surface area contributed by atoms with Gasteiger partial charge >= 0.3 is 6.09 Å². The van der Waals surface area contributed by atoms with Gasteiger partial charge < -0.3 is 4.74 Å². The summed E-state index contributed by atoms with van der Waals surface area (Å²) in [5, 5.41) is 3.50. The van der Waals surface area contributed by atoms with Crippen LogP contribution < -0.4 is 5.32 Å². The summed E-state index contributed by atoms with van der Waals surface area (Å²) in [6.07, 6.45) is 2.15. The van der Waals surface area contributed by atoms with Crippen molar-refractivity contribution < 1.29 is 9.53 Å². The number of nitrogens with one attached hydrogen (secondary N) is 1. The van der Waals surface area contributed by atoms with Gasteiger partial charge in [-0.05, 0) is 41.0 Å². The molecule has 3 aromatic carbocycles. The average Bonchev–Trinajstić information content (AvgIpc) is 3.58. The van der Waals surface area contributed by atoms with Crippen molar-refractivity contribution in [1.29, 1.82) is 0 Å². The van der Waals surface area contributed by atoms with Gasteiger partial charge in [0.25, 0.3) is 0 Å². The Balaban J connectivity index is 1.25. The summed E-state index contributed by atoms with van der Waals surface area (Å²) in [4.78, 5) is 16.7. The van der Waals surface area contributed by atoms with Crippen molar-refractivity contribution in [3.05, 3.63) is 95.5 Å². The molecule has 4 aromatic rings. The number of hydrogen-bond donors (Lipinski definition) is 1. The lowest BCUT2D eigenvalue weighted by atomic mass is 10.0. The van der Waals surface area contributed by atoms with Crippen LogP contribution in [0.3, 0.4) is 0 Å². The van der Waals surface area contributed by atoms with Gasteiger partial charge in [-0.1, -0.05) is 78.9 Å². The van der Waals surface area contributed by atoms with Crippen LogP contribution in [0.5, 0.6) is 0 Å². The maximum absolute atomic E-state index is 12.2. The highest BCUT2D eigenvalue weighted by molar-refractivity contribution is 7.14. The lowest BCUT2D eigenvalue weighted by Crippen LogP contribution is -2.13. The highest BCUT2D eigenvalue weighted by Gasteiger charge is 2.23. The Morgan fingerprint density at radius 2 is 1.55 bits per heavy atom. The summed E-state index contributed by atoms with van der Waals surface area (Å²) in [5.74, 6) is 0.770. The van der Waals surface area contributed by atoms with E-state index in [4.69, 9.17) is 4.74 Å². The molecule has 0 bridgehead atoms. The van der Waals surface area contributed by atoms with Crippen LogP contribution in [0.4, 0.5) is 9.80 Å². The first kappa shape index (κ1) is 19.5. The second kappa shape index (κ2) is 8.74. The predicted molar refractivity (Wildman–Crippen MR) is 125 cm³/mol. The van der Waals surface area contributed by atoms with Gasteiger partial charge in [0.1, 0.15) is 17.3 Å². The van der Waals surface area contributed by atoms with Crippen LogP contribution in [0.2, 0.25) is 0 Å². The molecular weight excluding hydrogens is 404 g/mol. The number of nitrogens with zero attached hydrogens (tertiary/aromatic N) is 1. The van der Waals surface area contributed by atoms with Gasteiger partial charge in [-0.25, -0.2) is 9.78 Å². The van der Waals surface area contributed by atoms with Gasteiger partial charge in [-0.15, -0.1) is 11.3 Å². The molecule has 1 aliphatic rings. The van der Waals surface area contributed by atoms with E-state index >= 15 is 0 Å². The van der Waals surface area contributed by atoms with E-state index < -0.39 is 6.09 Å². The van der Waals surface area contributed by atoms with E-state index in [0.717, 1.165) is 28.3 Å². The van der Waals surface area contributed by atoms with Crippen LogP contribution in [0, 0.1) is 0 Å². The number of amides is 1. The quantitative estimate of drug-likeness (QED) is 0.358. The van der Waals surface area contributed by atoms with E-state index in [2.05, 4.69) is 46.7 Å². The topological polar surface area (TPSA) is 51.2 Å². The third-order valence-corrected chi connectivity index (χ3v) is 6.19. The van der Waals surface area contributed by atoms with Crippen molar-refractivity contribution in [2.24, 2.45) is 0 Å². The van der Waals surface area contributed by atoms with Crippen molar-refractivity contribution in [3.63, 3.8) is 0 Å². The number of anilines is 1. The first-order valence-corrected chi connectivity index (χ1v) is 11.3. The normalized spacial score (nSPS) is 13.0. The van der Waals surface area contributed by atoms with Crippen LogP contribution >= 0.6 is 11.3 Å². The monoisotopic (exact) mass is 426 g/mol. The minimum Gasteiger partial charge on any atom is -0.444 e. The first-order valence-electron chi connectivity index (χ1n) is 10.4. The molecule has 31 heavy (non-hydrogen) atoms. The van der Waals surface area contributed by atoms with Gasteiger partial charge in [0.15, 0.2) is 0 Å². The Bertz CT molecular complexity index is 1160. The summed E-state index contributed by atoms with van der Waals surface area (Å²) in [6.45, 7) is 0.231. The smallest absolute Gasteiger partial charge is 0.412 e. The second-order valence-electron chi connectivity index (χ2n) is 7.69. The minimum atomic E-state index is -0.485. The Morgan fingerprint density at radius 3 is 2.23 bits per heavy atom. The standard InChI is InChI=1S/C26H22N2O2S/c29-26(30-16-18-4-2-1-3-5-18)28-25-24(27-17-31-25)23-14-12-22(13-15-23)21-10-8-20(9-11-21)19-6-7-19/h1-5,8-15,17,19H,6-7,16H2,(H,28,29). The summed E-state index contributed by atoms with van der Waals surface area (Å²) in [5.41, 5.74) is 8.19. The number of carbonyl (C=O) groups excluding carboxylic acids is 1. The first-order chi connectivity index (χ1) is 15.3. The van der Waals surface area contributed by atoms with E-state index in [1.807, 2.05) is 42.5 Å². The molecule has 1 heterocycles. The molecule has 4 nitrogen and oxygen atoms in total. The van der Waals surface area contributed by atoms with E-state index in [1.165, 1.54) is 35.3 Å². The Hall–Kier alpha value is -3.44. The molecule has 0 saturated heterocycles. The summed E-state index contributed by atoms with van der Waals surface area (Å²) < 4.78 is 5.33. The molecule has 1 amide bonds. The molecule has 1 fully saturated rings. The molecule has 0 aliphatic heterocycles. The largest absolute Gasteiger partial charge is 0.444 e. The summed E-state index contributed by atoms with van der Waals surface area (Å²) >= 11 is 1.38. The molecule has 0 unspecified atom stereocenters. The maximum atomic E-state index is 12.2. The zero-order chi connectivity index (χ0) is 21.0. The van der Waals surface area contributed by atoms with Gasteiger partial charge in [0.05, 0.1) is 5.51 Å². The molecule has 0 spiro atoms. The summed E-state index contributed by atoms with van der Waals surface area (Å²) in [7, 11) is 0. The highest BCUT2D eigenvalue weighted by atomic mass is 32.1. The van der Waals surface area contributed by atoms with Crippen molar-refractivity contribution in [2.45, 2.75) is 25.4 Å². The molecule has 1 saturated carbocycles. The van der Waals surface area contributed by atoms with E-state index in [-0.39, 0.29) is 6.61 Å². The van der Waals surface area contributed by atoms with Crippen molar-refractivity contribution >= 4 is 22.4 Å². The molecule has 5 heteroatoms. The molecule has 0 radical (unpaired) electrons. The molecule has 1 aliphatic carbocycles. The minimum absolute atomic E-state index is 0.231. The van der Waals surface area contributed by atoms with Crippen molar-refractivity contribution in [1.82, 2.24) is 4.98 Å². The van der Waals surface area contributed by atoms with Crippen molar-refractivity contribution in [2.75, 3.05) is 5.32 Å². The number of thiazole rings is 1. The predicted octanol–water partition coefficient (Wildman–Crippen LogP) is 7.10. The Morgan fingerprint density at radius 1 is 0.903 bits per heavy atom. The average molecular weight is 427 g/mol. The van der Waals surface area contributed by atoms with Crippen LogP contribution in [0.15, 0.2) is 84.4 Å². The zero-order valence-electron chi connectivity index (χ0n) is 17.0. The third kappa shape index (κ3) is 4.67. The van der Waals surface area contributed by atoms with Crippen LogP contribution in [-0.4, -0.2) is 11.1 Å². The fourth-order valence-corrected chi connectivity index (χ4v) is 4.27. The molecule has 154 valence electrons. The summed E-state index contributed by atoms with van der Waals surface area (Å²) in [6, 6.07) is 26.8. The van der Waals surface area contributed by atoms with Gasteiger partial charge in [-0.2, -0.15) is 0 Å². The number of rotatable bonds is 6. The number of benzene rings is 3. The van der Waals surface area contributed by atoms with Gasteiger partial charge in [0.2, 0.25) is 0 Å². The molecular formula is C26H22N2O2S. The fourth-order valence-electron chi connectivity index (χ4n) is 3.58. The van der Waals surface area contributed by atoms with Crippen LogP contribution in [-0.2, 0) is 11.3 Å². The number of aromatic nitrogens is 1. The number of ether oxygens (including phenoxy) is 1. The third-order valence-electron chi connectivity index (χ3n) is 5.45. The molecule has 1 N–H and O–H groups in total. The van der Waals surface area contributed by atoms with Crippen LogP contribution in [0.25, 0.3) is 22.4 Å². The maximum Gasteiger partial charge on any atom is 0.412 e. The Kier molecular flexibility index (Phi) is 5.50. The lowest BCUT2D eigenvalue weighted by Gasteiger charge is -2.08. The van der Waals surface area contributed by atoms with Crippen molar-refractivity contribution in [3.8, 4) is 22.4 Å². The second-order valence-corrected chi connectivity index (χ2v) is 8.55. The van der Waals surface area contributed by atoms with Gasteiger partial charge in [-0.3, -0.25) is 5.32 Å². The Labute approximate surface area is 185 Å². The molecule has 1 aromatic heterocycles. The zero-order valence-corrected chi connectivity index (χ0v) is 17.8. The van der Waals surface area contributed by atoms with Crippen LogP contribution in [0.1, 0.15) is 29.9 Å². The van der Waals surface area contributed by atoms with Gasteiger partial charge in [0, 0.05) is 5.56 Å². The van der Waals surface area contributed by atoms with E-state index in [0.29, 0.717) is 5.00 Å². The fraction of sp³-hybridized carbons (Fsp3) is 0.154.